The number of hydrogen-bond acceptors (Lipinski definition) is 12. The standard InChI is InChI=1S/C11H13N5O8S2.Na/c1-4(17)24-10-7(9(19)16(10)26(20,21)22)14-8(18)6(15-23-2)5-3-25-11(12)13-5;/h3,7,10H,1-2H3,(H2,12,13)(H,14,18)(H,20,21,22);/q;+1/p-1/t7-,10+;/m0./s1. The maximum atomic E-state index is 12.3. The molecule has 0 aliphatic carbocycles. The van der Waals surface area contributed by atoms with Crippen LogP contribution in [0.15, 0.2) is 10.5 Å². The molecule has 1 aromatic rings. The van der Waals surface area contributed by atoms with E-state index in [1.165, 1.54) is 5.38 Å². The number of oxime groups is 1. The van der Waals surface area contributed by atoms with Crippen molar-refractivity contribution in [2.45, 2.75) is 19.2 Å². The Hall–Kier alpha value is -1.78. The van der Waals surface area contributed by atoms with Crippen molar-refractivity contribution < 1.29 is 66.5 Å². The van der Waals surface area contributed by atoms with Gasteiger partial charge in [-0.05, 0) is 0 Å². The number of amides is 2. The van der Waals surface area contributed by atoms with Crippen LogP contribution in [-0.2, 0) is 34.3 Å². The van der Waals surface area contributed by atoms with Gasteiger partial charge >= 0.3 is 35.5 Å². The molecule has 27 heavy (non-hydrogen) atoms. The van der Waals surface area contributed by atoms with Crippen LogP contribution in [0.2, 0.25) is 0 Å². The number of thiazole rings is 1. The number of ether oxygens (including phenoxy) is 1. The summed E-state index contributed by atoms with van der Waals surface area (Å²) >= 11 is 1.01. The van der Waals surface area contributed by atoms with Crippen LogP contribution in [-0.4, -0.2) is 65.1 Å². The summed E-state index contributed by atoms with van der Waals surface area (Å²) in [7, 11) is -4.08. The van der Waals surface area contributed by atoms with Gasteiger partial charge in [0.25, 0.3) is 11.8 Å². The zero-order chi connectivity index (χ0) is 19.6. The van der Waals surface area contributed by atoms with Gasteiger partial charge in [0.1, 0.15) is 12.8 Å². The van der Waals surface area contributed by atoms with Gasteiger partial charge in [0.2, 0.25) is 6.23 Å². The molecule has 2 atom stereocenters. The number of nitrogen functional groups attached to an aromatic ring is 1. The molecule has 0 saturated carbocycles. The summed E-state index contributed by atoms with van der Waals surface area (Å²) in [6.07, 6.45) is -1.81. The Balaban J connectivity index is 0.00000364. The van der Waals surface area contributed by atoms with Crippen LogP contribution < -0.4 is 40.6 Å². The topological polar surface area (TPSA) is 193 Å². The summed E-state index contributed by atoms with van der Waals surface area (Å²) in [6.45, 7) is 0.938. The van der Waals surface area contributed by atoms with Crippen molar-refractivity contribution in [1.29, 1.82) is 0 Å². The van der Waals surface area contributed by atoms with Crippen LogP contribution in [0.3, 0.4) is 0 Å². The first-order chi connectivity index (χ1) is 12.1. The second-order valence-electron chi connectivity index (χ2n) is 4.74. The van der Waals surface area contributed by atoms with Crippen molar-refractivity contribution in [2.24, 2.45) is 5.16 Å². The molecular formula is C11H12N5NaO8S2. The van der Waals surface area contributed by atoms with Crippen LogP contribution in [0.5, 0.6) is 0 Å². The normalized spacial score (nSPS) is 19.6. The van der Waals surface area contributed by atoms with Crippen molar-refractivity contribution in [2.75, 3.05) is 12.8 Å². The molecule has 2 amide bonds. The van der Waals surface area contributed by atoms with Gasteiger partial charge in [-0.1, -0.05) is 5.16 Å². The van der Waals surface area contributed by atoms with Gasteiger partial charge in [0.05, 0.1) is 0 Å². The number of aromatic nitrogens is 1. The number of anilines is 1. The Morgan fingerprint density at radius 1 is 1.48 bits per heavy atom. The minimum absolute atomic E-state index is 0. The summed E-state index contributed by atoms with van der Waals surface area (Å²) in [6, 6.07) is -1.60. The van der Waals surface area contributed by atoms with E-state index >= 15 is 0 Å². The second kappa shape index (κ2) is 8.94. The van der Waals surface area contributed by atoms with E-state index in [-0.39, 0.29) is 50.4 Å². The SMILES string of the molecule is CON=C(C(=O)N[C@H]1C(=O)N(S(=O)(=O)[O-])[C@@H]1OC(C)=O)c1csc(N)n1.[Na+]. The molecule has 0 bridgehead atoms. The predicted molar refractivity (Wildman–Crippen MR) is 84.1 cm³/mol. The third kappa shape index (κ3) is 5.14. The second-order valence-corrected chi connectivity index (χ2v) is 6.87. The first kappa shape index (κ1) is 23.3. The molecule has 142 valence electrons. The Kier molecular flexibility index (Phi) is 7.70. The number of nitrogens with zero attached hydrogens (tertiary/aromatic N) is 3. The van der Waals surface area contributed by atoms with Crippen molar-refractivity contribution in [3.63, 3.8) is 0 Å². The first-order valence-electron chi connectivity index (χ1n) is 6.66. The maximum Gasteiger partial charge on any atom is 1.00 e. The molecule has 0 radical (unpaired) electrons. The average Bonchev–Trinajstić information content (AvgIpc) is 2.94. The average molecular weight is 429 g/mol. The third-order valence-corrected chi connectivity index (χ3v) is 4.52. The Bertz CT molecular complexity index is 885. The molecule has 1 aromatic heterocycles. The van der Waals surface area contributed by atoms with E-state index in [9.17, 15) is 27.4 Å². The number of carbonyl (C=O) groups excluding carboxylic acids is 3. The summed E-state index contributed by atoms with van der Waals surface area (Å²) in [5.41, 5.74) is 5.15. The largest absolute Gasteiger partial charge is 1.00 e. The zero-order valence-electron chi connectivity index (χ0n) is 14.2. The molecule has 16 heteroatoms. The van der Waals surface area contributed by atoms with E-state index in [1.54, 1.807) is 0 Å². The van der Waals surface area contributed by atoms with Crippen molar-refractivity contribution >= 4 is 50.3 Å². The molecule has 2 heterocycles. The molecule has 2 rings (SSSR count). The molecule has 1 aliphatic heterocycles. The summed E-state index contributed by atoms with van der Waals surface area (Å²) < 4.78 is 37.7. The Morgan fingerprint density at radius 3 is 2.56 bits per heavy atom. The smallest absolute Gasteiger partial charge is 0.731 e. The number of esters is 1. The molecule has 13 nitrogen and oxygen atoms in total. The van der Waals surface area contributed by atoms with Crippen LogP contribution in [0, 0.1) is 0 Å². The van der Waals surface area contributed by atoms with Gasteiger partial charge in [0.15, 0.2) is 27.2 Å². The summed E-state index contributed by atoms with van der Waals surface area (Å²) in [4.78, 5) is 43.7. The third-order valence-electron chi connectivity index (χ3n) is 2.98. The quantitative estimate of drug-likeness (QED) is 0.110. The van der Waals surface area contributed by atoms with E-state index < -0.39 is 40.4 Å². The number of β-lactam (4-membered cyclic amide) rings is 1. The van der Waals surface area contributed by atoms with Crippen molar-refractivity contribution in [1.82, 2.24) is 14.6 Å². The van der Waals surface area contributed by atoms with Crippen LogP contribution >= 0.6 is 11.3 Å². The Morgan fingerprint density at radius 2 is 2.11 bits per heavy atom. The molecule has 1 aliphatic rings. The first-order valence-corrected chi connectivity index (χ1v) is 8.90. The maximum absolute atomic E-state index is 12.3. The van der Waals surface area contributed by atoms with Crippen LogP contribution in [0.1, 0.15) is 12.6 Å². The van der Waals surface area contributed by atoms with E-state index in [4.69, 9.17) is 5.73 Å². The van der Waals surface area contributed by atoms with Crippen LogP contribution in [0.25, 0.3) is 0 Å². The molecule has 0 spiro atoms. The number of rotatable bonds is 6. The number of nitrogens with one attached hydrogen (secondary N) is 1. The summed E-state index contributed by atoms with van der Waals surface area (Å²) in [5, 5.41) is 7.13. The molecule has 0 unspecified atom stereocenters. The van der Waals surface area contributed by atoms with Gasteiger partial charge < -0.3 is 25.2 Å². The number of hydrogen-bond donors (Lipinski definition) is 2. The summed E-state index contributed by atoms with van der Waals surface area (Å²) in [5.74, 6) is -3.22. The zero-order valence-corrected chi connectivity index (χ0v) is 17.9. The minimum Gasteiger partial charge on any atom is -0.731 e. The fraction of sp³-hybridized carbons (Fsp3) is 0.364. The van der Waals surface area contributed by atoms with Gasteiger partial charge in [0, 0.05) is 12.3 Å². The molecule has 0 aromatic carbocycles. The molecule has 3 N–H and O–H groups in total. The van der Waals surface area contributed by atoms with E-state index in [2.05, 4.69) is 25.0 Å². The van der Waals surface area contributed by atoms with E-state index in [1.807, 2.05) is 0 Å². The number of carbonyl (C=O) groups is 3. The molecule has 1 saturated heterocycles. The van der Waals surface area contributed by atoms with Crippen LogP contribution in [0.4, 0.5) is 5.13 Å². The minimum atomic E-state index is -5.23. The van der Waals surface area contributed by atoms with E-state index in [0.29, 0.717) is 0 Å². The molecular weight excluding hydrogens is 417 g/mol. The fourth-order valence-electron chi connectivity index (χ4n) is 2.00. The van der Waals surface area contributed by atoms with Gasteiger partial charge in [-0.2, -0.15) is 0 Å². The van der Waals surface area contributed by atoms with Gasteiger partial charge in [-0.3, -0.25) is 14.4 Å². The fourth-order valence-corrected chi connectivity index (χ4v) is 3.30. The van der Waals surface area contributed by atoms with Gasteiger partial charge in [-0.25, -0.2) is 17.7 Å². The molecule has 1 fully saturated rings. The van der Waals surface area contributed by atoms with E-state index in [0.717, 1.165) is 25.4 Å². The Labute approximate surface area is 179 Å². The van der Waals surface area contributed by atoms with Gasteiger partial charge in [-0.15, -0.1) is 11.3 Å². The van der Waals surface area contributed by atoms with Crippen molar-refractivity contribution in [3.05, 3.63) is 11.1 Å². The predicted octanol–water partition coefficient (Wildman–Crippen LogP) is -5.24. The monoisotopic (exact) mass is 429 g/mol. The van der Waals surface area contributed by atoms with Crippen molar-refractivity contribution in [3.8, 4) is 0 Å². The number of nitrogens with two attached hydrogens (primary N) is 1.